The van der Waals surface area contributed by atoms with Gasteiger partial charge in [-0.15, -0.1) is 0 Å². The summed E-state index contributed by atoms with van der Waals surface area (Å²) in [7, 11) is 0. The number of hydrogen-bond donors (Lipinski definition) is 2. The second-order valence-corrected chi connectivity index (χ2v) is 5.02. The SMILES string of the molecule is CCOc1ccc(NC(=O)C(=O)N[C@@H](C)c2ccccc2)cc1. The Morgan fingerprint density at radius 2 is 1.65 bits per heavy atom. The summed E-state index contributed by atoms with van der Waals surface area (Å²) in [6, 6.07) is 16.1. The third-order valence-electron chi connectivity index (χ3n) is 3.28. The quantitative estimate of drug-likeness (QED) is 0.834. The third-order valence-corrected chi connectivity index (χ3v) is 3.28. The maximum absolute atomic E-state index is 12.0. The largest absolute Gasteiger partial charge is 0.494 e. The molecule has 2 aromatic carbocycles. The molecule has 0 bridgehead atoms. The molecule has 0 heterocycles. The van der Waals surface area contributed by atoms with Crippen molar-refractivity contribution < 1.29 is 14.3 Å². The van der Waals surface area contributed by atoms with E-state index in [0.29, 0.717) is 18.0 Å². The number of hydrogen-bond acceptors (Lipinski definition) is 3. The van der Waals surface area contributed by atoms with Gasteiger partial charge in [-0.25, -0.2) is 0 Å². The van der Waals surface area contributed by atoms with Crippen LogP contribution in [0.3, 0.4) is 0 Å². The molecule has 2 N–H and O–H groups in total. The van der Waals surface area contributed by atoms with Crippen LogP contribution in [0.1, 0.15) is 25.5 Å². The van der Waals surface area contributed by atoms with Gasteiger partial charge in [0.1, 0.15) is 5.75 Å². The van der Waals surface area contributed by atoms with Gasteiger partial charge in [-0.05, 0) is 43.7 Å². The Bertz CT molecular complexity index is 654. The van der Waals surface area contributed by atoms with Crippen molar-refractivity contribution in [2.24, 2.45) is 0 Å². The highest BCUT2D eigenvalue weighted by Crippen LogP contribution is 2.16. The van der Waals surface area contributed by atoms with Gasteiger partial charge in [0, 0.05) is 5.69 Å². The van der Waals surface area contributed by atoms with Gasteiger partial charge in [0.2, 0.25) is 0 Å². The molecule has 2 amide bonds. The lowest BCUT2D eigenvalue weighted by molar-refractivity contribution is -0.136. The normalized spacial score (nSPS) is 11.4. The Morgan fingerprint density at radius 3 is 2.26 bits per heavy atom. The van der Waals surface area contributed by atoms with Crippen molar-refractivity contribution in [3.63, 3.8) is 0 Å². The van der Waals surface area contributed by atoms with Gasteiger partial charge in [0.15, 0.2) is 0 Å². The van der Waals surface area contributed by atoms with Crippen molar-refractivity contribution in [2.45, 2.75) is 19.9 Å². The van der Waals surface area contributed by atoms with Gasteiger partial charge in [-0.3, -0.25) is 9.59 Å². The predicted molar refractivity (Wildman–Crippen MR) is 89.2 cm³/mol. The van der Waals surface area contributed by atoms with Crippen molar-refractivity contribution in [3.8, 4) is 5.75 Å². The van der Waals surface area contributed by atoms with Crippen LogP contribution in [0.5, 0.6) is 5.75 Å². The lowest BCUT2D eigenvalue weighted by Crippen LogP contribution is -2.36. The van der Waals surface area contributed by atoms with Crippen LogP contribution >= 0.6 is 0 Å². The van der Waals surface area contributed by atoms with Gasteiger partial charge in [-0.1, -0.05) is 30.3 Å². The van der Waals surface area contributed by atoms with E-state index in [-0.39, 0.29) is 6.04 Å². The van der Waals surface area contributed by atoms with Crippen LogP contribution in [0.15, 0.2) is 54.6 Å². The van der Waals surface area contributed by atoms with Crippen molar-refractivity contribution in [3.05, 3.63) is 60.2 Å². The van der Waals surface area contributed by atoms with Crippen molar-refractivity contribution in [1.29, 1.82) is 0 Å². The summed E-state index contributed by atoms with van der Waals surface area (Å²) < 4.78 is 5.32. The van der Waals surface area contributed by atoms with E-state index >= 15 is 0 Å². The molecular formula is C18H20N2O3. The summed E-state index contributed by atoms with van der Waals surface area (Å²) in [5.74, 6) is -0.653. The van der Waals surface area contributed by atoms with E-state index in [9.17, 15) is 9.59 Å². The number of carbonyl (C=O) groups is 2. The Balaban J connectivity index is 1.91. The number of amides is 2. The summed E-state index contributed by atoms with van der Waals surface area (Å²) in [5, 5.41) is 5.23. The van der Waals surface area contributed by atoms with Crippen LogP contribution in [0.25, 0.3) is 0 Å². The van der Waals surface area contributed by atoms with E-state index < -0.39 is 11.8 Å². The molecule has 2 rings (SSSR count). The maximum atomic E-state index is 12.0. The molecule has 120 valence electrons. The molecule has 0 fully saturated rings. The van der Waals surface area contributed by atoms with Crippen molar-refractivity contribution >= 4 is 17.5 Å². The van der Waals surface area contributed by atoms with Gasteiger partial charge < -0.3 is 15.4 Å². The molecule has 0 aromatic heterocycles. The van der Waals surface area contributed by atoms with Crippen LogP contribution in [0.4, 0.5) is 5.69 Å². The van der Waals surface area contributed by atoms with Gasteiger partial charge in [0.25, 0.3) is 0 Å². The molecule has 1 atom stereocenters. The van der Waals surface area contributed by atoms with Crippen LogP contribution < -0.4 is 15.4 Å². The van der Waals surface area contributed by atoms with Gasteiger partial charge >= 0.3 is 11.8 Å². The first-order valence-corrected chi connectivity index (χ1v) is 7.49. The second kappa shape index (κ2) is 7.98. The van der Waals surface area contributed by atoms with Crippen LogP contribution in [0, 0.1) is 0 Å². The van der Waals surface area contributed by atoms with E-state index in [1.165, 1.54) is 0 Å². The summed E-state index contributed by atoms with van der Waals surface area (Å²) in [6.45, 7) is 4.30. The summed E-state index contributed by atoms with van der Waals surface area (Å²) in [5.41, 5.74) is 1.48. The first-order valence-electron chi connectivity index (χ1n) is 7.49. The Hall–Kier alpha value is -2.82. The molecule has 23 heavy (non-hydrogen) atoms. The molecule has 0 aliphatic rings. The average molecular weight is 312 g/mol. The highest BCUT2D eigenvalue weighted by atomic mass is 16.5. The summed E-state index contributed by atoms with van der Waals surface area (Å²) in [4.78, 5) is 23.9. The molecular weight excluding hydrogens is 292 g/mol. The topological polar surface area (TPSA) is 67.4 Å². The number of anilines is 1. The molecule has 0 saturated heterocycles. The van der Waals surface area contributed by atoms with E-state index in [2.05, 4.69) is 10.6 Å². The number of rotatable bonds is 5. The van der Waals surface area contributed by atoms with E-state index in [0.717, 1.165) is 5.56 Å². The van der Waals surface area contributed by atoms with E-state index in [1.54, 1.807) is 24.3 Å². The first-order chi connectivity index (χ1) is 11.1. The first kappa shape index (κ1) is 16.5. The standard InChI is InChI=1S/C18H20N2O3/c1-3-23-16-11-9-15(10-12-16)20-18(22)17(21)19-13(2)14-7-5-4-6-8-14/h4-13H,3H2,1-2H3,(H,19,21)(H,20,22)/t13-/m0/s1. The lowest BCUT2D eigenvalue weighted by Gasteiger charge is -2.14. The van der Waals surface area contributed by atoms with Crippen molar-refractivity contribution in [2.75, 3.05) is 11.9 Å². The molecule has 0 aliphatic heterocycles. The average Bonchev–Trinajstić information content (AvgIpc) is 2.57. The summed E-state index contributed by atoms with van der Waals surface area (Å²) in [6.07, 6.45) is 0. The Labute approximate surface area is 135 Å². The van der Waals surface area contributed by atoms with Crippen molar-refractivity contribution in [1.82, 2.24) is 5.32 Å². The maximum Gasteiger partial charge on any atom is 0.313 e. The molecule has 0 aliphatic carbocycles. The van der Waals surface area contributed by atoms with Crippen LogP contribution in [-0.4, -0.2) is 18.4 Å². The molecule has 2 aromatic rings. The minimum Gasteiger partial charge on any atom is -0.494 e. The zero-order chi connectivity index (χ0) is 16.7. The Morgan fingerprint density at radius 1 is 1.00 bits per heavy atom. The Kier molecular flexibility index (Phi) is 5.74. The fourth-order valence-corrected chi connectivity index (χ4v) is 2.08. The third kappa shape index (κ3) is 4.85. The molecule has 0 unspecified atom stereocenters. The lowest BCUT2D eigenvalue weighted by atomic mass is 10.1. The zero-order valence-electron chi connectivity index (χ0n) is 13.2. The van der Waals surface area contributed by atoms with E-state index in [4.69, 9.17) is 4.74 Å². The molecule has 5 heteroatoms. The van der Waals surface area contributed by atoms with E-state index in [1.807, 2.05) is 44.2 Å². The van der Waals surface area contributed by atoms with Gasteiger partial charge in [-0.2, -0.15) is 0 Å². The zero-order valence-corrected chi connectivity index (χ0v) is 13.2. The fourth-order valence-electron chi connectivity index (χ4n) is 2.08. The molecule has 0 radical (unpaired) electrons. The highest BCUT2D eigenvalue weighted by Gasteiger charge is 2.17. The minimum absolute atomic E-state index is 0.241. The smallest absolute Gasteiger partial charge is 0.313 e. The van der Waals surface area contributed by atoms with Gasteiger partial charge in [0.05, 0.1) is 12.6 Å². The highest BCUT2D eigenvalue weighted by molar-refractivity contribution is 6.39. The number of nitrogens with one attached hydrogen (secondary N) is 2. The fraction of sp³-hybridized carbons (Fsp3) is 0.222. The second-order valence-electron chi connectivity index (χ2n) is 5.02. The van der Waals surface area contributed by atoms with Crippen LogP contribution in [0.2, 0.25) is 0 Å². The number of ether oxygens (including phenoxy) is 1. The molecule has 0 spiro atoms. The predicted octanol–water partition coefficient (Wildman–Crippen LogP) is 2.90. The minimum atomic E-state index is -0.697. The monoisotopic (exact) mass is 312 g/mol. The molecule has 0 saturated carbocycles. The molecule has 5 nitrogen and oxygen atoms in total. The van der Waals surface area contributed by atoms with Crippen LogP contribution in [-0.2, 0) is 9.59 Å². The number of carbonyl (C=O) groups excluding carboxylic acids is 2. The number of benzene rings is 2. The summed E-state index contributed by atoms with van der Waals surface area (Å²) >= 11 is 0.